The lowest BCUT2D eigenvalue weighted by Crippen LogP contribution is -2.40. The van der Waals surface area contributed by atoms with E-state index in [0.29, 0.717) is 23.4 Å². The fourth-order valence-corrected chi connectivity index (χ4v) is 4.00. The molecular weight excluding hydrogens is 363 g/mol. The van der Waals surface area contributed by atoms with Crippen molar-refractivity contribution >= 4 is 17.7 Å². The van der Waals surface area contributed by atoms with Gasteiger partial charge in [0.25, 0.3) is 0 Å². The Hall–Kier alpha value is -2.28. The van der Waals surface area contributed by atoms with Gasteiger partial charge in [0.15, 0.2) is 5.96 Å². The summed E-state index contributed by atoms with van der Waals surface area (Å²) in [6, 6.07) is 9.80. The van der Waals surface area contributed by atoms with E-state index in [1.807, 2.05) is 30.8 Å². The van der Waals surface area contributed by atoms with Crippen LogP contribution in [-0.4, -0.2) is 35.0 Å². The second-order valence-corrected chi connectivity index (χ2v) is 7.65. The molecule has 7 heteroatoms. The van der Waals surface area contributed by atoms with Crippen LogP contribution in [0, 0.1) is 5.82 Å². The van der Waals surface area contributed by atoms with E-state index in [2.05, 4.69) is 20.6 Å². The highest BCUT2D eigenvalue weighted by atomic mass is 32.2. The highest BCUT2D eigenvalue weighted by Crippen LogP contribution is 2.25. The van der Waals surface area contributed by atoms with Crippen LogP contribution in [0.25, 0.3) is 0 Å². The van der Waals surface area contributed by atoms with E-state index < -0.39 is 0 Å². The predicted molar refractivity (Wildman–Crippen MR) is 109 cm³/mol. The zero-order chi connectivity index (χ0) is 18.9. The summed E-state index contributed by atoms with van der Waals surface area (Å²) in [5.74, 6) is 2.55. The molecule has 0 saturated carbocycles. The van der Waals surface area contributed by atoms with Crippen LogP contribution < -0.4 is 15.4 Å². The third-order valence-corrected chi connectivity index (χ3v) is 5.53. The molecule has 1 fully saturated rings. The molecule has 1 aromatic heterocycles. The molecule has 0 bridgehead atoms. The number of thioether (sulfide) groups is 1. The fraction of sp³-hybridized carbons (Fsp3) is 0.400. The smallest absolute Gasteiger partial charge is 0.224 e. The van der Waals surface area contributed by atoms with E-state index in [9.17, 15) is 4.39 Å². The van der Waals surface area contributed by atoms with E-state index in [4.69, 9.17) is 4.74 Å². The van der Waals surface area contributed by atoms with Gasteiger partial charge in [0, 0.05) is 36.2 Å². The maximum absolute atomic E-state index is 13.4. The Labute approximate surface area is 163 Å². The number of hydrogen-bond acceptors (Lipinski definition) is 4. The molecule has 1 saturated heterocycles. The molecule has 0 aliphatic carbocycles. The molecule has 1 aliphatic rings. The molecule has 2 heterocycles. The van der Waals surface area contributed by atoms with E-state index in [0.717, 1.165) is 24.6 Å². The highest BCUT2D eigenvalue weighted by Gasteiger charge is 2.15. The molecule has 144 valence electrons. The van der Waals surface area contributed by atoms with Gasteiger partial charge in [0.05, 0.1) is 6.54 Å². The minimum atomic E-state index is -0.341. The maximum atomic E-state index is 13.4. The summed E-state index contributed by atoms with van der Waals surface area (Å²) in [5, 5.41) is 7.34. The second kappa shape index (κ2) is 10.2. The summed E-state index contributed by atoms with van der Waals surface area (Å²) in [5.41, 5.74) is 0.842. The average Bonchev–Trinajstić information content (AvgIpc) is 3.19. The molecule has 27 heavy (non-hydrogen) atoms. The van der Waals surface area contributed by atoms with Gasteiger partial charge in [-0.3, -0.25) is 0 Å². The van der Waals surface area contributed by atoms with E-state index >= 15 is 0 Å². The summed E-state index contributed by atoms with van der Waals surface area (Å²) in [6.07, 6.45) is 4.20. The van der Waals surface area contributed by atoms with Gasteiger partial charge in [0.2, 0.25) is 5.88 Å². The molecule has 2 aromatic rings. The Morgan fingerprint density at radius 3 is 3.04 bits per heavy atom. The third kappa shape index (κ3) is 6.13. The van der Waals surface area contributed by atoms with Crippen LogP contribution in [0.15, 0.2) is 47.6 Å². The number of nitrogens with zero attached hydrogens (tertiary/aromatic N) is 2. The number of nitrogens with one attached hydrogen (secondary N) is 2. The number of guanidine groups is 1. The van der Waals surface area contributed by atoms with Gasteiger partial charge in [-0.25, -0.2) is 14.4 Å². The second-order valence-electron chi connectivity index (χ2n) is 6.24. The SMILES string of the molecule is CCNC(=NCc1cccnc1Oc1cccc(F)c1)NCC1CCCS1. The van der Waals surface area contributed by atoms with Gasteiger partial charge >= 0.3 is 0 Å². The lowest BCUT2D eigenvalue weighted by atomic mass is 10.2. The van der Waals surface area contributed by atoms with Crippen molar-refractivity contribution in [2.75, 3.05) is 18.8 Å². The van der Waals surface area contributed by atoms with Crippen molar-refractivity contribution in [1.82, 2.24) is 15.6 Å². The molecule has 1 aromatic carbocycles. The fourth-order valence-electron chi connectivity index (χ4n) is 2.80. The number of pyridine rings is 1. The average molecular weight is 389 g/mol. The van der Waals surface area contributed by atoms with Gasteiger partial charge in [-0.1, -0.05) is 12.1 Å². The van der Waals surface area contributed by atoms with Crippen molar-refractivity contribution in [1.29, 1.82) is 0 Å². The molecule has 1 unspecified atom stereocenters. The minimum Gasteiger partial charge on any atom is -0.439 e. The summed E-state index contributed by atoms with van der Waals surface area (Å²) in [6.45, 7) is 4.18. The van der Waals surface area contributed by atoms with Gasteiger partial charge in [-0.2, -0.15) is 11.8 Å². The van der Waals surface area contributed by atoms with Crippen LogP contribution in [0.2, 0.25) is 0 Å². The van der Waals surface area contributed by atoms with Crippen LogP contribution in [-0.2, 0) is 6.54 Å². The Balaban J connectivity index is 1.66. The molecule has 1 atom stereocenters. The number of aromatic nitrogens is 1. The van der Waals surface area contributed by atoms with Crippen molar-refractivity contribution in [3.63, 3.8) is 0 Å². The molecule has 0 radical (unpaired) electrons. The summed E-state index contributed by atoms with van der Waals surface area (Å²) in [4.78, 5) is 8.93. The van der Waals surface area contributed by atoms with E-state index in [-0.39, 0.29) is 5.82 Å². The van der Waals surface area contributed by atoms with Gasteiger partial charge in [0.1, 0.15) is 11.6 Å². The Morgan fingerprint density at radius 1 is 1.33 bits per heavy atom. The summed E-state index contributed by atoms with van der Waals surface area (Å²) < 4.78 is 19.1. The van der Waals surface area contributed by atoms with Gasteiger partial charge in [-0.05, 0) is 43.7 Å². The van der Waals surface area contributed by atoms with Gasteiger partial charge in [-0.15, -0.1) is 0 Å². The minimum absolute atomic E-state index is 0.341. The maximum Gasteiger partial charge on any atom is 0.224 e. The largest absolute Gasteiger partial charge is 0.439 e. The van der Waals surface area contributed by atoms with Crippen molar-refractivity contribution in [2.24, 2.45) is 4.99 Å². The van der Waals surface area contributed by atoms with Crippen molar-refractivity contribution < 1.29 is 9.13 Å². The number of ether oxygens (including phenoxy) is 1. The Kier molecular flexibility index (Phi) is 7.33. The molecular formula is C20H25FN4OS. The lowest BCUT2D eigenvalue weighted by molar-refractivity contribution is 0.452. The van der Waals surface area contributed by atoms with Crippen LogP contribution >= 0.6 is 11.8 Å². The van der Waals surface area contributed by atoms with E-state index in [1.165, 1.54) is 30.7 Å². The molecule has 0 spiro atoms. The highest BCUT2D eigenvalue weighted by molar-refractivity contribution is 8.00. The monoisotopic (exact) mass is 388 g/mol. The molecule has 3 rings (SSSR count). The van der Waals surface area contributed by atoms with Crippen LogP contribution in [0.3, 0.4) is 0 Å². The Bertz CT molecular complexity index is 765. The predicted octanol–water partition coefficient (Wildman–Crippen LogP) is 3.96. The first-order chi connectivity index (χ1) is 13.2. The lowest BCUT2D eigenvalue weighted by Gasteiger charge is -2.15. The molecule has 2 N–H and O–H groups in total. The normalized spacial score (nSPS) is 17.0. The molecule has 1 aliphatic heterocycles. The van der Waals surface area contributed by atoms with Crippen molar-refractivity contribution in [2.45, 2.75) is 31.6 Å². The number of hydrogen-bond donors (Lipinski definition) is 2. The first-order valence-electron chi connectivity index (χ1n) is 9.25. The van der Waals surface area contributed by atoms with Crippen molar-refractivity contribution in [3.05, 3.63) is 54.0 Å². The Morgan fingerprint density at radius 2 is 2.26 bits per heavy atom. The van der Waals surface area contributed by atoms with Crippen LogP contribution in [0.4, 0.5) is 4.39 Å². The topological polar surface area (TPSA) is 58.5 Å². The molecule has 0 amide bonds. The van der Waals surface area contributed by atoms with Crippen LogP contribution in [0.5, 0.6) is 11.6 Å². The third-order valence-electron chi connectivity index (χ3n) is 4.13. The molecule has 5 nitrogen and oxygen atoms in total. The first-order valence-corrected chi connectivity index (χ1v) is 10.3. The summed E-state index contributed by atoms with van der Waals surface area (Å²) in [7, 11) is 0. The number of rotatable bonds is 7. The standard InChI is InChI=1S/C20H25FN4OS/c1-2-22-20(25-14-18-9-5-11-27-18)24-13-15-6-4-10-23-19(15)26-17-8-3-7-16(21)12-17/h3-4,6-8,10,12,18H,2,5,9,11,13-14H2,1H3,(H2,22,24,25). The number of benzene rings is 1. The zero-order valence-electron chi connectivity index (χ0n) is 15.5. The first kappa shape index (κ1) is 19.5. The number of halogens is 1. The van der Waals surface area contributed by atoms with Gasteiger partial charge < -0.3 is 15.4 Å². The quantitative estimate of drug-likeness (QED) is 0.555. The van der Waals surface area contributed by atoms with Crippen LogP contribution in [0.1, 0.15) is 25.3 Å². The van der Waals surface area contributed by atoms with Crippen molar-refractivity contribution in [3.8, 4) is 11.6 Å². The van der Waals surface area contributed by atoms with E-state index in [1.54, 1.807) is 18.3 Å². The summed E-state index contributed by atoms with van der Waals surface area (Å²) >= 11 is 2.02. The zero-order valence-corrected chi connectivity index (χ0v) is 16.3. The number of aliphatic imine (C=N–C) groups is 1.